The van der Waals surface area contributed by atoms with E-state index in [1.807, 2.05) is 30.3 Å². The van der Waals surface area contributed by atoms with E-state index < -0.39 is 0 Å². The zero-order valence-electron chi connectivity index (χ0n) is 13.5. The Hall–Kier alpha value is -2.54. The van der Waals surface area contributed by atoms with E-state index in [2.05, 4.69) is 25.6 Å². The molecule has 0 atom stereocenters. The highest BCUT2D eigenvalue weighted by atomic mass is 15.4. The summed E-state index contributed by atoms with van der Waals surface area (Å²) in [5.41, 5.74) is 7.55. The number of para-hydroxylation sites is 1. The highest BCUT2D eigenvalue weighted by molar-refractivity contribution is 5.75. The Kier molecular flexibility index (Phi) is 4.08. The lowest BCUT2D eigenvalue weighted by Crippen LogP contribution is -2.29. The van der Waals surface area contributed by atoms with Gasteiger partial charge in [-0.3, -0.25) is 0 Å². The molecule has 2 aromatic heterocycles. The summed E-state index contributed by atoms with van der Waals surface area (Å²) in [6.07, 6.45) is 6.32. The highest BCUT2D eigenvalue weighted by Gasteiger charge is 2.20. The van der Waals surface area contributed by atoms with Crippen molar-refractivity contribution in [1.82, 2.24) is 25.0 Å². The molecule has 124 valence electrons. The van der Waals surface area contributed by atoms with Crippen molar-refractivity contribution >= 4 is 17.0 Å². The van der Waals surface area contributed by atoms with Crippen LogP contribution in [0.1, 0.15) is 25.7 Å². The average molecular weight is 323 g/mol. The Balaban J connectivity index is 1.54. The second kappa shape index (κ2) is 6.52. The minimum Gasteiger partial charge on any atom is -0.351 e. The van der Waals surface area contributed by atoms with Crippen LogP contribution in [0.3, 0.4) is 0 Å². The maximum Gasteiger partial charge on any atom is 0.224 e. The number of hydrogen-bond donors (Lipinski definition) is 2. The fraction of sp³-hybridized carbons (Fsp3) is 0.412. The molecule has 1 aliphatic rings. The number of nitrogens with two attached hydrogens (primary N) is 1. The summed E-state index contributed by atoms with van der Waals surface area (Å²) >= 11 is 0. The van der Waals surface area contributed by atoms with Crippen molar-refractivity contribution in [2.45, 2.75) is 31.7 Å². The van der Waals surface area contributed by atoms with Crippen LogP contribution in [0, 0.1) is 5.92 Å². The molecule has 0 spiro atoms. The summed E-state index contributed by atoms with van der Waals surface area (Å²) in [5.74, 6) is 2.02. The number of fused-ring (bicyclic) bond motifs is 1. The van der Waals surface area contributed by atoms with Gasteiger partial charge in [-0.25, -0.2) is 4.98 Å². The van der Waals surface area contributed by atoms with Crippen molar-refractivity contribution in [3.05, 3.63) is 36.5 Å². The molecule has 0 aliphatic heterocycles. The average Bonchev–Trinajstić information content (AvgIpc) is 3.07. The van der Waals surface area contributed by atoms with Gasteiger partial charge < -0.3 is 11.1 Å². The van der Waals surface area contributed by atoms with Crippen LogP contribution in [-0.2, 0) is 0 Å². The summed E-state index contributed by atoms with van der Waals surface area (Å²) in [5, 5.41) is 11.8. The number of rotatable bonds is 4. The quantitative estimate of drug-likeness (QED) is 0.764. The van der Waals surface area contributed by atoms with Gasteiger partial charge in [0.2, 0.25) is 5.95 Å². The van der Waals surface area contributed by atoms with Crippen molar-refractivity contribution in [3.63, 3.8) is 0 Å². The molecule has 0 bridgehead atoms. The summed E-state index contributed by atoms with van der Waals surface area (Å²) in [6.45, 7) is 0.790. The fourth-order valence-electron chi connectivity index (χ4n) is 3.30. The predicted molar refractivity (Wildman–Crippen MR) is 92.9 cm³/mol. The number of aromatic nitrogens is 5. The third kappa shape index (κ3) is 2.94. The van der Waals surface area contributed by atoms with Crippen molar-refractivity contribution in [2.75, 3.05) is 11.9 Å². The molecular formula is C17H21N7. The van der Waals surface area contributed by atoms with Gasteiger partial charge in [-0.05, 0) is 50.3 Å². The van der Waals surface area contributed by atoms with E-state index in [4.69, 9.17) is 5.73 Å². The number of anilines is 1. The molecule has 1 aromatic carbocycles. The van der Waals surface area contributed by atoms with Crippen molar-refractivity contribution in [3.8, 4) is 5.82 Å². The van der Waals surface area contributed by atoms with Crippen LogP contribution in [0.25, 0.3) is 16.9 Å². The van der Waals surface area contributed by atoms with Gasteiger partial charge >= 0.3 is 0 Å². The van der Waals surface area contributed by atoms with Gasteiger partial charge in [-0.15, -0.1) is 5.10 Å². The maximum absolute atomic E-state index is 5.76. The first kappa shape index (κ1) is 15.0. The van der Waals surface area contributed by atoms with Crippen LogP contribution in [0.4, 0.5) is 5.95 Å². The van der Waals surface area contributed by atoms with Crippen LogP contribution >= 0.6 is 0 Å². The van der Waals surface area contributed by atoms with E-state index in [1.165, 1.54) is 12.8 Å². The number of nitrogens with zero attached hydrogens (tertiary/aromatic N) is 5. The second-order valence-electron chi connectivity index (χ2n) is 6.33. The Labute approximate surface area is 140 Å². The zero-order valence-corrected chi connectivity index (χ0v) is 13.5. The van der Waals surface area contributed by atoms with Crippen molar-refractivity contribution < 1.29 is 0 Å². The van der Waals surface area contributed by atoms with E-state index in [0.29, 0.717) is 17.9 Å². The SMILES string of the molecule is NC[C@H]1CC[C@H](Nc2nccc(-n3nnc4ccccc43)n2)CC1. The summed E-state index contributed by atoms with van der Waals surface area (Å²) < 4.78 is 1.74. The minimum atomic E-state index is 0.413. The van der Waals surface area contributed by atoms with Gasteiger partial charge in [0.15, 0.2) is 5.82 Å². The molecule has 1 fully saturated rings. The third-order valence-electron chi connectivity index (χ3n) is 4.72. The molecule has 0 radical (unpaired) electrons. The normalized spacial score (nSPS) is 21.0. The van der Waals surface area contributed by atoms with Crippen molar-refractivity contribution in [1.29, 1.82) is 0 Å². The zero-order chi connectivity index (χ0) is 16.4. The van der Waals surface area contributed by atoms with Crippen LogP contribution in [0.15, 0.2) is 36.5 Å². The van der Waals surface area contributed by atoms with Gasteiger partial charge in [-0.1, -0.05) is 17.3 Å². The van der Waals surface area contributed by atoms with E-state index in [9.17, 15) is 0 Å². The molecule has 1 saturated carbocycles. The molecule has 0 amide bonds. The van der Waals surface area contributed by atoms with Gasteiger partial charge in [0.25, 0.3) is 0 Å². The van der Waals surface area contributed by atoms with Gasteiger partial charge in [-0.2, -0.15) is 9.67 Å². The minimum absolute atomic E-state index is 0.413. The molecule has 1 aliphatic carbocycles. The number of nitrogens with one attached hydrogen (secondary N) is 1. The standard InChI is InChI=1S/C17H21N7/c18-11-12-5-7-13(8-6-12)20-17-19-10-9-16(21-17)24-15-4-2-1-3-14(15)22-23-24/h1-4,9-10,12-13H,5-8,11,18H2,(H,19,20,21)/t12-,13-. The number of benzene rings is 1. The van der Waals surface area contributed by atoms with Crippen LogP contribution in [0.2, 0.25) is 0 Å². The van der Waals surface area contributed by atoms with E-state index >= 15 is 0 Å². The van der Waals surface area contributed by atoms with E-state index in [-0.39, 0.29) is 0 Å². The molecule has 2 heterocycles. The molecule has 0 unspecified atom stereocenters. The van der Waals surface area contributed by atoms with Crippen LogP contribution in [-0.4, -0.2) is 37.5 Å². The first-order valence-corrected chi connectivity index (χ1v) is 8.44. The molecule has 3 aromatic rings. The molecule has 24 heavy (non-hydrogen) atoms. The Morgan fingerprint density at radius 1 is 1.12 bits per heavy atom. The maximum atomic E-state index is 5.76. The van der Waals surface area contributed by atoms with Crippen LogP contribution in [0.5, 0.6) is 0 Å². The molecule has 7 heteroatoms. The highest BCUT2D eigenvalue weighted by Crippen LogP contribution is 2.25. The monoisotopic (exact) mass is 323 g/mol. The van der Waals surface area contributed by atoms with Gasteiger partial charge in [0, 0.05) is 18.3 Å². The largest absolute Gasteiger partial charge is 0.351 e. The molecule has 4 rings (SSSR count). The predicted octanol–water partition coefficient (Wildman–Crippen LogP) is 2.14. The Morgan fingerprint density at radius 2 is 1.96 bits per heavy atom. The van der Waals surface area contributed by atoms with Gasteiger partial charge in [0.1, 0.15) is 5.52 Å². The third-order valence-corrected chi connectivity index (χ3v) is 4.72. The lowest BCUT2D eigenvalue weighted by Gasteiger charge is -2.28. The summed E-state index contributed by atoms with van der Waals surface area (Å²) in [6, 6.07) is 10.1. The van der Waals surface area contributed by atoms with Crippen LogP contribution < -0.4 is 11.1 Å². The topological polar surface area (TPSA) is 94.5 Å². The van der Waals surface area contributed by atoms with E-state index in [1.54, 1.807) is 10.9 Å². The Bertz CT molecular complexity index is 820. The lowest BCUT2D eigenvalue weighted by atomic mass is 9.86. The first-order valence-electron chi connectivity index (χ1n) is 8.44. The molecular weight excluding hydrogens is 302 g/mol. The van der Waals surface area contributed by atoms with Gasteiger partial charge in [0.05, 0.1) is 5.52 Å². The molecule has 3 N–H and O–H groups in total. The molecule has 7 nitrogen and oxygen atoms in total. The second-order valence-corrected chi connectivity index (χ2v) is 6.33. The summed E-state index contributed by atoms with van der Waals surface area (Å²) in [7, 11) is 0. The Morgan fingerprint density at radius 3 is 2.79 bits per heavy atom. The number of hydrogen-bond acceptors (Lipinski definition) is 6. The smallest absolute Gasteiger partial charge is 0.224 e. The molecule has 0 saturated heterocycles. The first-order chi connectivity index (χ1) is 11.8. The van der Waals surface area contributed by atoms with E-state index in [0.717, 1.165) is 36.2 Å². The lowest BCUT2D eigenvalue weighted by molar-refractivity contribution is 0.344. The van der Waals surface area contributed by atoms with Crippen molar-refractivity contribution in [2.24, 2.45) is 11.7 Å². The fourth-order valence-corrected chi connectivity index (χ4v) is 3.30. The summed E-state index contributed by atoms with van der Waals surface area (Å²) in [4.78, 5) is 8.97.